The number of thioether (sulfide) groups is 1. The topological polar surface area (TPSA) is 147 Å². The maximum Gasteiger partial charge on any atom is 0.353 e. The number of anilines is 1. The Labute approximate surface area is 214 Å². The fourth-order valence-electron chi connectivity index (χ4n) is 5.05. The van der Waals surface area contributed by atoms with Crippen molar-refractivity contribution >= 4 is 41.2 Å². The zero-order valence-electron chi connectivity index (χ0n) is 21.0. The number of nitrogens with zero attached hydrogens (tertiary/aromatic N) is 2. The Hall–Kier alpha value is -2.89. The number of fused-ring (bicyclic) bond motifs is 1. The maximum absolute atomic E-state index is 13.0. The lowest BCUT2D eigenvalue weighted by Crippen LogP contribution is -2.63. The van der Waals surface area contributed by atoms with Crippen LogP contribution in [0.2, 0.25) is 0 Å². The summed E-state index contributed by atoms with van der Waals surface area (Å²) in [7, 11) is 1.59. The maximum atomic E-state index is 13.0. The molecule has 2 saturated heterocycles. The van der Waals surface area contributed by atoms with Gasteiger partial charge in [0, 0.05) is 35.4 Å². The van der Waals surface area contributed by atoms with Crippen LogP contribution < -0.4 is 10.2 Å². The Morgan fingerprint density at radius 2 is 1.86 bits per heavy atom. The summed E-state index contributed by atoms with van der Waals surface area (Å²) in [6.07, 6.45) is -0.408. The Bertz CT molecular complexity index is 1090. The highest BCUT2D eigenvalue weighted by Crippen LogP contribution is 2.51. The highest BCUT2D eigenvalue weighted by Gasteiger charge is 2.60. The van der Waals surface area contributed by atoms with Gasteiger partial charge in [-0.05, 0) is 31.5 Å². The second kappa shape index (κ2) is 11.0. The molecule has 3 aliphatic rings. The SMILES string of the molecule is CC.CC(O)C1C(=O)N2C(C(=O)O)=C(SC3CNC(C(=O)N(C)c4cccc(C(=O)O)c4)C3)C(C)C12. The van der Waals surface area contributed by atoms with Crippen molar-refractivity contribution in [3.8, 4) is 0 Å². The van der Waals surface area contributed by atoms with Crippen LogP contribution in [0.15, 0.2) is 34.9 Å². The van der Waals surface area contributed by atoms with E-state index in [1.807, 2.05) is 20.8 Å². The van der Waals surface area contributed by atoms with Gasteiger partial charge in [-0.3, -0.25) is 9.59 Å². The molecule has 3 heterocycles. The highest BCUT2D eigenvalue weighted by atomic mass is 32.2. The van der Waals surface area contributed by atoms with E-state index in [1.54, 1.807) is 19.2 Å². The molecule has 11 heteroatoms. The summed E-state index contributed by atoms with van der Waals surface area (Å²) >= 11 is 1.37. The number of carboxylic acids is 2. The van der Waals surface area contributed by atoms with Gasteiger partial charge in [0.25, 0.3) is 0 Å². The van der Waals surface area contributed by atoms with Crippen LogP contribution in [-0.2, 0) is 14.4 Å². The molecule has 0 aliphatic carbocycles. The minimum atomic E-state index is -1.18. The molecule has 36 heavy (non-hydrogen) atoms. The number of hydrogen-bond donors (Lipinski definition) is 4. The van der Waals surface area contributed by atoms with Gasteiger partial charge in [0.2, 0.25) is 11.8 Å². The number of nitrogens with one attached hydrogen (secondary N) is 1. The van der Waals surface area contributed by atoms with Crippen LogP contribution in [0.4, 0.5) is 5.69 Å². The van der Waals surface area contributed by atoms with Crippen molar-refractivity contribution in [1.82, 2.24) is 10.2 Å². The van der Waals surface area contributed by atoms with Crippen LogP contribution in [0.5, 0.6) is 0 Å². The summed E-state index contributed by atoms with van der Waals surface area (Å²) in [5.74, 6) is -3.69. The summed E-state index contributed by atoms with van der Waals surface area (Å²) in [5, 5.41) is 32.1. The first-order chi connectivity index (χ1) is 17.0. The number of hydrogen-bond acceptors (Lipinski definition) is 7. The van der Waals surface area contributed by atoms with Gasteiger partial charge in [0.1, 0.15) is 5.70 Å². The van der Waals surface area contributed by atoms with E-state index < -0.39 is 30.0 Å². The number of rotatable bonds is 7. The molecule has 0 radical (unpaired) electrons. The average molecular weight is 520 g/mol. The molecule has 0 aromatic heterocycles. The number of amides is 2. The van der Waals surface area contributed by atoms with Crippen LogP contribution in [0.25, 0.3) is 0 Å². The number of aliphatic hydroxyl groups is 1. The lowest BCUT2D eigenvalue weighted by Gasteiger charge is -2.46. The predicted molar refractivity (Wildman–Crippen MR) is 136 cm³/mol. The molecule has 196 valence electrons. The van der Waals surface area contributed by atoms with Crippen LogP contribution in [-0.4, -0.2) is 81.0 Å². The zero-order valence-corrected chi connectivity index (χ0v) is 21.8. The highest BCUT2D eigenvalue weighted by molar-refractivity contribution is 8.03. The quantitative estimate of drug-likeness (QED) is 0.397. The minimum Gasteiger partial charge on any atom is -0.478 e. The van der Waals surface area contributed by atoms with Crippen molar-refractivity contribution in [1.29, 1.82) is 0 Å². The van der Waals surface area contributed by atoms with E-state index in [0.29, 0.717) is 23.6 Å². The van der Waals surface area contributed by atoms with Crippen LogP contribution in [0, 0.1) is 11.8 Å². The van der Waals surface area contributed by atoms with Crippen LogP contribution in [0.1, 0.15) is 44.5 Å². The number of carbonyl (C=O) groups excluding carboxylic acids is 2. The van der Waals surface area contributed by atoms with Crippen molar-refractivity contribution < 1.29 is 34.5 Å². The second-order valence-corrected chi connectivity index (χ2v) is 10.3. The van der Waals surface area contributed by atoms with Crippen LogP contribution in [0.3, 0.4) is 0 Å². The monoisotopic (exact) mass is 519 g/mol. The molecule has 6 unspecified atom stereocenters. The van der Waals surface area contributed by atoms with E-state index in [0.717, 1.165) is 0 Å². The number of carboxylic acid groups (broad SMARTS) is 2. The molecule has 2 amide bonds. The normalized spacial score (nSPS) is 27.6. The summed E-state index contributed by atoms with van der Waals surface area (Å²) < 4.78 is 0. The molecule has 2 fully saturated rings. The Kier molecular flexibility index (Phi) is 8.48. The van der Waals surface area contributed by atoms with Gasteiger partial charge < -0.3 is 30.4 Å². The summed E-state index contributed by atoms with van der Waals surface area (Å²) in [6, 6.07) is 5.25. The first-order valence-electron chi connectivity index (χ1n) is 12.0. The number of β-lactam (4-membered cyclic amide) rings is 1. The van der Waals surface area contributed by atoms with Gasteiger partial charge in [-0.2, -0.15) is 0 Å². The molecular weight excluding hydrogens is 486 g/mol. The molecule has 3 aliphatic heterocycles. The van der Waals surface area contributed by atoms with Gasteiger partial charge in [0.15, 0.2) is 0 Å². The lowest BCUT2D eigenvalue weighted by atomic mass is 9.79. The molecule has 0 bridgehead atoms. The minimum absolute atomic E-state index is 0.0261. The Morgan fingerprint density at radius 3 is 2.44 bits per heavy atom. The Balaban J connectivity index is 0.00000176. The molecular formula is C25H33N3O7S. The van der Waals surface area contributed by atoms with Crippen molar-refractivity contribution in [3.63, 3.8) is 0 Å². The smallest absolute Gasteiger partial charge is 0.353 e. The van der Waals surface area contributed by atoms with E-state index >= 15 is 0 Å². The number of likely N-dealkylation sites (N-methyl/N-ethyl adjacent to an activating group) is 1. The molecule has 0 saturated carbocycles. The van der Waals surface area contributed by atoms with Gasteiger partial charge in [-0.1, -0.05) is 26.8 Å². The number of carbonyl (C=O) groups is 4. The number of aliphatic hydroxyl groups excluding tert-OH is 1. The number of aromatic carboxylic acids is 1. The largest absolute Gasteiger partial charge is 0.478 e. The van der Waals surface area contributed by atoms with E-state index in [9.17, 15) is 34.5 Å². The van der Waals surface area contributed by atoms with Crippen molar-refractivity contribution in [2.24, 2.45) is 11.8 Å². The van der Waals surface area contributed by atoms with E-state index in [1.165, 1.54) is 40.6 Å². The third-order valence-corrected chi connectivity index (χ3v) is 8.32. The molecule has 0 spiro atoms. The van der Waals surface area contributed by atoms with E-state index in [2.05, 4.69) is 5.32 Å². The number of aliphatic carboxylic acids is 1. The van der Waals surface area contributed by atoms with Crippen LogP contribution >= 0.6 is 11.8 Å². The molecule has 1 aromatic carbocycles. The first-order valence-corrected chi connectivity index (χ1v) is 12.9. The summed E-state index contributed by atoms with van der Waals surface area (Å²) in [4.78, 5) is 52.1. The lowest BCUT2D eigenvalue weighted by molar-refractivity contribution is -0.163. The molecule has 4 rings (SSSR count). The summed E-state index contributed by atoms with van der Waals surface area (Å²) in [6.45, 7) is 7.88. The van der Waals surface area contributed by atoms with E-state index in [-0.39, 0.29) is 40.3 Å². The molecule has 4 N–H and O–H groups in total. The van der Waals surface area contributed by atoms with Gasteiger partial charge >= 0.3 is 11.9 Å². The fraction of sp³-hybridized carbons (Fsp3) is 0.520. The summed E-state index contributed by atoms with van der Waals surface area (Å²) in [5.41, 5.74) is 0.528. The first kappa shape index (κ1) is 27.7. The zero-order chi connectivity index (χ0) is 26.9. The van der Waals surface area contributed by atoms with Crippen molar-refractivity contribution in [2.45, 2.75) is 57.6 Å². The second-order valence-electron chi connectivity index (χ2n) is 8.96. The Morgan fingerprint density at radius 1 is 1.19 bits per heavy atom. The molecule has 1 aromatic rings. The van der Waals surface area contributed by atoms with Gasteiger partial charge in [-0.15, -0.1) is 11.8 Å². The van der Waals surface area contributed by atoms with Gasteiger partial charge in [-0.25, -0.2) is 9.59 Å². The molecule has 6 atom stereocenters. The van der Waals surface area contributed by atoms with Gasteiger partial charge in [0.05, 0.1) is 29.7 Å². The fourth-order valence-corrected chi connectivity index (χ4v) is 6.53. The third-order valence-electron chi connectivity index (χ3n) is 6.80. The molecule has 10 nitrogen and oxygen atoms in total. The van der Waals surface area contributed by atoms with Crippen molar-refractivity contribution in [3.05, 3.63) is 40.4 Å². The average Bonchev–Trinajstić information content (AvgIpc) is 3.41. The van der Waals surface area contributed by atoms with E-state index in [4.69, 9.17) is 0 Å². The van der Waals surface area contributed by atoms with Crippen molar-refractivity contribution in [2.75, 3.05) is 18.5 Å². The third kappa shape index (κ3) is 4.87. The predicted octanol–water partition coefficient (Wildman–Crippen LogP) is 1.99. The number of benzene rings is 1. The standard InChI is InChI=1S/C23H27N3O7S.C2H6/c1-10-17-16(11(2)27)21(29)26(17)18(23(32)33)19(10)34-14-8-15(24-9-14)20(28)25(3)13-6-4-5-12(7-13)22(30)31;1-2/h4-7,10-11,14-17,24,27H,8-9H2,1-3H3,(H,30,31)(H,32,33);1-2H3.